The van der Waals surface area contributed by atoms with Crippen LogP contribution in [0.1, 0.15) is 75.5 Å². The lowest BCUT2D eigenvalue weighted by Crippen LogP contribution is -2.25. The van der Waals surface area contributed by atoms with Crippen LogP contribution in [-0.2, 0) is 47.8 Å². The topological polar surface area (TPSA) is 98.9 Å². The predicted molar refractivity (Wildman–Crippen MR) is 189 cm³/mol. The fraction of sp³-hybridized carbons (Fsp3) is 0.342. The van der Waals surface area contributed by atoms with E-state index in [4.69, 9.17) is 5.10 Å². The molecule has 0 aliphatic rings. The highest BCUT2D eigenvalue weighted by Crippen LogP contribution is 2.23. The third-order valence-corrected chi connectivity index (χ3v) is 9.77. The van der Waals surface area contributed by atoms with Crippen molar-refractivity contribution in [1.82, 2.24) is 19.3 Å². The predicted octanol–water partition coefficient (Wildman–Crippen LogP) is 7.40. The van der Waals surface area contributed by atoms with E-state index in [0.717, 1.165) is 53.9 Å². The van der Waals surface area contributed by atoms with E-state index in [-0.39, 0.29) is 16.0 Å². The van der Waals surface area contributed by atoms with Gasteiger partial charge in [0.05, 0.1) is 29.0 Å². The molecular weight excluding hydrogens is 607 g/mol. The molecule has 0 unspecified atom stereocenters. The average Bonchev–Trinajstić information content (AvgIpc) is 3.35. The first kappa shape index (κ1) is 33.9. The Morgan fingerprint density at radius 1 is 0.766 bits per heavy atom. The second-order valence-electron chi connectivity index (χ2n) is 13.0. The van der Waals surface area contributed by atoms with Crippen molar-refractivity contribution in [2.24, 2.45) is 0 Å². The maximum absolute atomic E-state index is 13.1. The maximum atomic E-state index is 13.1. The molecule has 0 spiro atoms. The van der Waals surface area contributed by atoms with E-state index >= 15 is 0 Å². The van der Waals surface area contributed by atoms with Gasteiger partial charge in [-0.2, -0.15) is 5.10 Å². The lowest BCUT2D eigenvalue weighted by molar-refractivity contribution is 0.588. The summed E-state index contributed by atoms with van der Waals surface area (Å²) in [7, 11) is -3.70. The summed E-state index contributed by atoms with van der Waals surface area (Å²) in [6, 6.07) is 27.2. The number of hydrogen-bond acceptors (Lipinski definition) is 5. The van der Waals surface area contributed by atoms with Crippen LogP contribution in [0, 0.1) is 0 Å². The number of aryl methyl sites for hydroxylation is 3. The van der Waals surface area contributed by atoms with Gasteiger partial charge in [-0.05, 0) is 78.1 Å². The van der Waals surface area contributed by atoms with E-state index in [2.05, 4.69) is 73.8 Å². The van der Waals surface area contributed by atoms with E-state index in [0.29, 0.717) is 25.2 Å². The Kier molecular flexibility index (Phi) is 10.4. The molecule has 0 aliphatic heterocycles. The normalized spacial score (nSPS) is 11.9. The summed E-state index contributed by atoms with van der Waals surface area (Å²) in [5.74, 6) is 0.814. The van der Waals surface area contributed by atoms with Crippen LogP contribution in [0.4, 0.5) is 5.69 Å². The van der Waals surface area contributed by atoms with Crippen molar-refractivity contribution in [2.45, 2.75) is 90.1 Å². The highest BCUT2D eigenvalue weighted by Gasteiger charge is 2.16. The fourth-order valence-electron chi connectivity index (χ4n) is 5.63. The summed E-state index contributed by atoms with van der Waals surface area (Å²) in [6.45, 7) is 11.7. The summed E-state index contributed by atoms with van der Waals surface area (Å²) in [5, 5.41) is 4.70. The van der Waals surface area contributed by atoms with Crippen molar-refractivity contribution in [1.29, 1.82) is 0 Å². The molecule has 246 valence electrons. The lowest BCUT2D eigenvalue weighted by atomic mass is 9.87. The van der Waals surface area contributed by atoms with Gasteiger partial charge in [0.1, 0.15) is 5.82 Å². The number of nitrogens with one attached hydrogen (secondary N) is 1. The van der Waals surface area contributed by atoms with E-state index in [9.17, 15) is 13.2 Å². The Morgan fingerprint density at radius 2 is 1.40 bits per heavy atom. The van der Waals surface area contributed by atoms with E-state index in [1.54, 1.807) is 33.6 Å². The van der Waals surface area contributed by atoms with Gasteiger partial charge < -0.3 is 0 Å². The molecule has 9 heteroatoms. The van der Waals surface area contributed by atoms with Crippen molar-refractivity contribution in [3.8, 4) is 11.3 Å². The molecule has 2 aromatic heterocycles. The van der Waals surface area contributed by atoms with Crippen LogP contribution in [-0.4, -0.2) is 27.7 Å². The number of nitrogens with zero attached hydrogens (tertiary/aromatic N) is 4. The van der Waals surface area contributed by atoms with Crippen molar-refractivity contribution < 1.29 is 8.42 Å². The van der Waals surface area contributed by atoms with Gasteiger partial charge in [-0.15, -0.1) is 0 Å². The molecule has 0 radical (unpaired) electrons. The molecule has 2 heterocycles. The SMILES string of the molecule is CCCc1ccc(S(=O)(=O)Nc2ccc(-c3ccc(CCCc4nn(Cc5ccc(C(C)(C)C)cc5)c(=O)n4CC)cc3)nc2)cc1. The standard InChI is InChI=1S/C38H45N5O3S/c1-6-9-28-16-23-34(24-17-28)47(45,46)41-33-22-25-35(39-26-33)31-18-12-29(13-19-31)10-8-11-36-40-43(37(44)42(36)7-2)27-30-14-20-32(21-15-30)38(3,4)5/h12-26,41H,6-11,27H2,1-5H3. The van der Waals surface area contributed by atoms with Gasteiger partial charge in [-0.3, -0.25) is 14.3 Å². The second kappa shape index (κ2) is 14.5. The molecule has 0 amide bonds. The Balaban J connectivity index is 1.16. The first-order valence-corrected chi connectivity index (χ1v) is 17.9. The van der Waals surface area contributed by atoms with Crippen LogP contribution in [0.15, 0.2) is 101 Å². The first-order valence-electron chi connectivity index (χ1n) is 16.4. The summed E-state index contributed by atoms with van der Waals surface area (Å²) >= 11 is 0. The molecule has 0 saturated heterocycles. The summed E-state index contributed by atoms with van der Waals surface area (Å²) in [6.07, 6.45) is 5.90. The third kappa shape index (κ3) is 8.46. The minimum atomic E-state index is -3.70. The summed E-state index contributed by atoms with van der Waals surface area (Å²) in [5.41, 5.74) is 6.76. The van der Waals surface area contributed by atoms with Gasteiger partial charge in [0, 0.05) is 18.5 Å². The molecule has 5 aromatic rings. The van der Waals surface area contributed by atoms with Gasteiger partial charge >= 0.3 is 5.69 Å². The molecule has 0 bridgehead atoms. The minimum Gasteiger partial charge on any atom is -0.279 e. The molecule has 0 saturated carbocycles. The minimum absolute atomic E-state index is 0.0702. The van der Waals surface area contributed by atoms with Crippen molar-refractivity contribution in [3.63, 3.8) is 0 Å². The van der Waals surface area contributed by atoms with E-state index in [1.165, 1.54) is 11.1 Å². The largest absolute Gasteiger partial charge is 0.346 e. The highest BCUT2D eigenvalue weighted by atomic mass is 32.2. The fourth-order valence-corrected chi connectivity index (χ4v) is 6.67. The number of aromatic nitrogens is 4. The van der Waals surface area contributed by atoms with E-state index < -0.39 is 10.0 Å². The number of rotatable bonds is 13. The smallest absolute Gasteiger partial charge is 0.279 e. The number of hydrogen-bond donors (Lipinski definition) is 1. The molecule has 8 nitrogen and oxygen atoms in total. The quantitative estimate of drug-likeness (QED) is 0.143. The van der Waals surface area contributed by atoms with Gasteiger partial charge in [0.25, 0.3) is 10.0 Å². The number of anilines is 1. The second-order valence-corrected chi connectivity index (χ2v) is 14.7. The molecule has 0 fully saturated rings. The maximum Gasteiger partial charge on any atom is 0.346 e. The zero-order valence-electron chi connectivity index (χ0n) is 28.0. The number of pyridine rings is 1. The molecule has 3 aromatic carbocycles. The van der Waals surface area contributed by atoms with Crippen LogP contribution < -0.4 is 10.4 Å². The van der Waals surface area contributed by atoms with Crippen LogP contribution in [0.25, 0.3) is 11.3 Å². The Bertz CT molecular complexity index is 1940. The van der Waals surface area contributed by atoms with Crippen LogP contribution in [0.5, 0.6) is 0 Å². The summed E-state index contributed by atoms with van der Waals surface area (Å²) < 4.78 is 31.7. The highest BCUT2D eigenvalue weighted by molar-refractivity contribution is 7.92. The van der Waals surface area contributed by atoms with Crippen LogP contribution in [0.3, 0.4) is 0 Å². The molecule has 47 heavy (non-hydrogen) atoms. The lowest BCUT2D eigenvalue weighted by Gasteiger charge is -2.19. The van der Waals surface area contributed by atoms with Crippen molar-refractivity contribution >= 4 is 15.7 Å². The monoisotopic (exact) mass is 651 g/mol. The van der Waals surface area contributed by atoms with Crippen molar-refractivity contribution in [2.75, 3.05) is 4.72 Å². The Labute approximate surface area is 278 Å². The van der Waals surface area contributed by atoms with E-state index in [1.807, 2.05) is 37.3 Å². The van der Waals surface area contributed by atoms with Crippen LogP contribution in [0.2, 0.25) is 0 Å². The molecule has 0 atom stereocenters. The molecule has 5 rings (SSSR count). The van der Waals surface area contributed by atoms with Crippen LogP contribution >= 0.6 is 0 Å². The number of sulfonamides is 1. The van der Waals surface area contributed by atoms with Gasteiger partial charge in [0.2, 0.25) is 0 Å². The zero-order valence-corrected chi connectivity index (χ0v) is 28.8. The molecular formula is C38H45N5O3S. The molecule has 1 N–H and O–H groups in total. The Hall–Kier alpha value is -4.50. The third-order valence-electron chi connectivity index (χ3n) is 8.37. The van der Waals surface area contributed by atoms with Gasteiger partial charge in [-0.1, -0.05) is 94.8 Å². The van der Waals surface area contributed by atoms with Crippen molar-refractivity contribution in [3.05, 3.63) is 130 Å². The number of benzene rings is 3. The van der Waals surface area contributed by atoms with Gasteiger partial charge in [0.15, 0.2) is 0 Å². The zero-order chi connectivity index (χ0) is 33.6. The summed E-state index contributed by atoms with van der Waals surface area (Å²) in [4.78, 5) is 17.8. The van der Waals surface area contributed by atoms with Gasteiger partial charge in [-0.25, -0.2) is 17.9 Å². The first-order chi connectivity index (χ1) is 22.5. The average molecular weight is 652 g/mol. The Morgan fingerprint density at radius 3 is 2.00 bits per heavy atom. The molecule has 0 aliphatic carbocycles.